The van der Waals surface area contributed by atoms with Crippen LogP contribution in [0.15, 0.2) is 18.2 Å². The van der Waals surface area contributed by atoms with Crippen LogP contribution in [0.3, 0.4) is 0 Å². The Morgan fingerprint density at radius 1 is 1.42 bits per heavy atom. The van der Waals surface area contributed by atoms with E-state index in [2.05, 4.69) is 0 Å². The second-order valence-electron chi connectivity index (χ2n) is 5.44. The first kappa shape index (κ1) is 13.4. The Labute approximate surface area is 112 Å². The lowest BCUT2D eigenvalue weighted by atomic mass is 10.1. The average Bonchev–Trinajstić information content (AvgIpc) is 2.35. The Balaban J connectivity index is 2.12. The second kappa shape index (κ2) is 4.91. The normalized spacial score (nSPS) is 14.4. The first-order valence-electron chi connectivity index (χ1n) is 6.08. The molecular formula is C14H17NO4. The largest absolute Gasteiger partial charge is 0.473 e. The predicted molar refractivity (Wildman–Crippen MR) is 69.1 cm³/mol. The van der Waals surface area contributed by atoms with Crippen LogP contribution in [0.1, 0.15) is 36.7 Å². The second-order valence-corrected chi connectivity index (χ2v) is 5.44. The number of benzene rings is 1. The number of carbonyl (C=O) groups excluding carboxylic acids is 2. The van der Waals surface area contributed by atoms with Gasteiger partial charge in [0.2, 0.25) is 0 Å². The quantitative estimate of drug-likeness (QED) is 0.731. The van der Waals surface area contributed by atoms with Gasteiger partial charge in [0.05, 0.1) is 6.54 Å². The minimum atomic E-state index is -0.540. The van der Waals surface area contributed by atoms with Gasteiger partial charge >= 0.3 is 6.09 Å². The molecule has 1 aliphatic heterocycles. The van der Waals surface area contributed by atoms with Crippen LogP contribution in [0.2, 0.25) is 0 Å². The monoisotopic (exact) mass is 263 g/mol. The summed E-state index contributed by atoms with van der Waals surface area (Å²) >= 11 is 0. The first-order chi connectivity index (χ1) is 8.89. The van der Waals surface area contributed by atoms with Crippen LogP contribution < -0.4 is 4.74 Å². The van der Waals surface area contributed by atoms with Crippen LogP contribution in [0.25, 0.3) is 0 Å². The first-order valence-corrected chi connectivity index (χ1v) is 6.08. The molecular weight excluding hydrogens is 246 g/mol. The SMILES string of the molecule is CC(C)(C)OC(=O)N1COc2ccc(C=O)cc2C1. The maximum Gasteiger partial charge on any atom is 0.413 e. The lowest BCUT2D eigenvalue weighted by Gasteiger charge is -2.31. The summed E-state index contributed by atoms with van der Waals surface area (Å²) in [4.78, 5) is 24.1. The van der Waals surface area contributed by atoms with Crippen molar-refractivity contribution in [1.29, 1.82) is 0 Å². The van der Waals surface area contributed by atoms with Gasteiger partial charge in [0.15, 0.2) is 6.73 Å². The molecule has 0 aliphatic carbocycles. The third-order valence-electron chi connectivity index (χ3n) is 2.61. The molecule has 1 aromatic carbocycles. The zero-order valence-corrected chi connectivity index (χ0v) is 11.3. The zero-order valence-electron chi connectivity index (χ0n) is 11.3. The number of hydrogen-bond donors (Lipinski definition) is 0. The molecule has 0 atom stereocenters. The minimum Gasteiger partial charge on any atom is -0.473 e. The van der Waals surface area contributed by atoms with Gasteiger partial charge < -0.3 is 9.47 Å². The lowest BCUT2D eigenvalue weighted by Crippen LogP contribution is -2.40. The summed E-state index contributed by atoms with van der Waals surface area (Å²) in [6.07, 6.45) is 0.349. The summed E-state index contributed by atoms with van der Waals surface area (Å²) in [6, 6.07) is 5.15. The molecule has 1 aromatic rings. The van der Waals surface area contributed by atoms with Gasteiger partial charge in [0.1, 0.15) is 17.6 Å². The molecule has 0 bridgehead atoms. The number of nitrogens with zero attached hydrogens (tertiary/aromatic N) is 1. The highest BCUT2D eigenvalue weighted by atomic mass is 16.6. The molecule has 0 unspecified atom stereocenters. The molecule has 5 heteroatoms. The molecule has 0 radical (unpaired) electrons. The predicted octanol–water partition coefficient (Wildman–Crippen LogP) is 2.59. The fourth-order valence-electron chi connectivity index (χ4n) is 1.78. The van der Waals surface area contributed by atoms with Crippen LogP contribution in [-0.2, 0) is 11.3 Å². The molecule has 19 heavy (non-hydrogen) atoms. The topological polar surface area (TPSA) is 55.8 Å². The number of carbonyl (C=O) groups is 2. The van der Waals surface area contributed by atoms with Crippen LogP contribution in [0.5, 0.6) is 5.75 Å². The molecule has 0 aromatic heterocycles. The van der Waals surface area contributed by atoms with E-state index in [1.54, 1.807) is 18.2 Å². The van der Waals surface area contributed by atoms with E-state index in [4.69, 9.17) is 9.47 Å². The molecule has 1 heterocycles. The van der Waals surface area contributed by atoms with Crippen molar-refractivity contribution >= 4 is 12.4 Å². The molecule has 0 saturated heterocycles. The van der Waals surface area contributed by atoms with Gasteiger partial charge in [-0.05, 0) is 39.0 Å². The molecule has 0 fully saturated rings. The number of rotatable bonds is 1. The van der Waals surface area contributed by atoms with Crippen molar-refractivity contribution in [2.24, 2.45) is 0 Å². The lowest BCUT2D eigenvalue weighted by molar-refractivity contribution is 0.00238. The number of fused-ring (bicyclic) bond motifs is 1. The number of hydrogen-bond acceptors (Lipinski definition) is 4. The van der Waals surface area contributed by atoms with Crippen LogP contribution in [0, 0.1) is 0 Å². The van der Waals surface area contributed by atoms with E-state index in [0.29, 0.717) is 17.9 Å². The maximum atomic E-state index is 11.9. The van der Waals surface area contributed by atoms with Gasteiger partial charge in [0.25, 0.3) is 0 Å². The Morgan fingerprint density at radius 3 is 2.79 bits per heavy atom. The van der Waals surface area contributed by atoms with Crippen molar-refractivity contribution in [3.63, 3.8) is 0 Å². The average molecular weight is 263 g/mol. The van der Waals surface area contributed by atoms with Gasteiger partial charge in [-0.25, -0.2) is 4.79 Å². The maximum absolute atomic E-state index is 11.9. The van der Waals surface area contributed by atoms with Gasteiger partial charge in [-0.15, -0.1) is 0 Å². The van der Waals surface area contributed by atoms with E-state index < -0.39 is 11.7 Å². The van der Waals surface area contributed by atoms with Crippen LogP contribution in [0.4, 0.5) is 4.79 Å². The van der Waals surface area contributed by atoms with Gasteiger partial charge in [-0.1, -0.05) is 0 Å². The Hall–Kier alpha value is -2.04. The fraction of sp³-hybridized carbons (Fsp3) is 0.429. The molecule has 102 valence electrons. The molecule has 0 spiro atoms. The Kier molecular flexibility index (Phi) is 3.46. The summed E-state index contributed by atoms with van der Waals surface area (Å²) in [7, 11) is 0. The van der Waals surface area contributed by atoms with Crippen molar-refractivity contribution in [2.75, 3.05) is 6.73 Å². The molecule has 0 saturated carbocycles. The van der Waals surface area contributed by atoms with E-state index in [1.165, 1.54) is 4.90 Å². The van der Waals surface area contributed by atoms with Crippen molar-refractivity contribution in [3.05, 3.63) is 29.3 Å². The molecule has 1 amide bonds. The van der Waals surface area contributed by atoms with E-state index in [-0.39, 0.29) is 6.73 Å². The summed E-state index contributed by atoms with van der Waals surface area (Å²) in [5, 5.41) is 0. The Morgan fingerprint density at radius 2 is 2.16 bits per heavy atom. The number of aldehydes is 1. The van der Waals surface area contributed by atoms with Crippen molar-refractivity contribution in [1.82, 2.24) is 4.90 Å². The molecule has 1 aliphatic rings. The smallest absolute Gasteiger partial charge is 0.413 e. The summed E-state index contributed by atoms with van der Waals surface area (Å²) in [5.74, 6) is 0.699. The van der Waals surface area contributed by atoms with E-state index in [9.17, 15) is 9.59 Å². The van der Waals surface area contributed by atoms with Crippen molar-refractivity contribution in [2.45, 2.75) is 32.9 Å². The third kappa shape index (κ3) is 3.24. The van der Waals surface area contributed by atoms with Gasteiger partial charge in [0, 0.05) is 11.1 Å². The minimum absolute atomic E-state index is 0.155. The summed E-state index contributed by atoms with van der Waals surface area (Å²) in [6.45, 7) is 5.98. The van der Waals surface area contributed by atoms with E-state index in [1.807, 2.05) is 20.8 Å². The van der Waals surface area contributed by atoms with Crippen LogP contribution in [-0.4, -0.2) is 29.6 Å². The highest BCUT2D eigenvalue weighted by Gasteiger charge is 2.26. The van der Waals surface area contributed by atoms with Crippen molar-refractivity contribution < 1.29 is 19.1 Å². The fourth-order valence-corrected chi connectivity index (χ4v) is 1.78. The van der Waals surface area contributed by atoms with E-state index >= 15 is 0 Å². The number of amides is 1. The van der Waals surface area contributed by atoms with Gasteiger partial charge in [-0.3, -0.25) is 9.69 Å². The summed E-state index contributed by atoms with van der Waals surface area (Å²) < 4.78 is 10.8. The summed E-state index contributed by atoms with van der Waals surface area (Å²) in [5.41, 5.74) is 0.831. The number of ether oxygens (including phenoxy) is 2. The third-order valence-corrected chi connectivity index (χ3v) is 2.61. The highest BCUT2D eigenvalue weighted by Crippen LogP contribution is 2.26. The van der Waals surface area contributed by atoms with Gasteiger partial charge in [-0.2, -0.15) is 0 Å². The molecule has 0 N–H and O–H groups in total. The standard InChI is InChI=1S/C14H17NO4/c1-14(2,3)19-13(17)15-7-11-6-10(8-16)4-5-12(11)18-9-15/h4-6,8H,7,9H2,1-3H3. The van der Waals surface area contributed by atoms with E-state index in [0.717, 1.165) is 11.8 Å². The molecule has 2 rings (SSSR count). The van der Waals surface area contributed by atoms with Crippen LogP contribution >= 0.6 is 0 Å². The zero-order chi connectivity index (χ0) is 14.0. The highest BCUT2D eigenvalue weighted by molar-refractivity contribution is 5.76. The Bertz CT molecular complexity index is 505. The molecule has 5 nitrogen and oxygen atoms in total. The van der Waals surface area contributed by atoms with Crippen molar-refractivity contribution in [3.8, 4) is 5.75 Å².